The first-order chi connectivity index (χ1) is 14.6. The average Bonchev–Trinajstić information content (AvgIpc) is 3.27. The van der Waals surface area contributed by atoms with Crippen LogP contribution in [0.15, 0.2) is 79.3 Å². The lowest BCUT2D eigenvalue weighted by Gasteiger charge is -2.13. The molecule has 0 fully saturated rings. The highest BCUT2D eigenvalue weighted by Gasteiger charge is 2.09. The smallest absolute Gasteiger partial charge is 0.250 e. The van der Waals surface area contributed by atoms with Crippen LogP contribution >= 0.6 is 11.6 Å². The van der Waals surface area contributed by atoms with Gasteiger partial charge in [0.25, 0.3) is 0 Å². The predicted octanol–water partition coefficient (Wildman–Crippen LogP) is 4.36. The highest BCUT2D eigenvalue weighted by atomic mass is 35.5. The van der Waals surface area contributed by atoms with Gasteiger partial charge in [0.05, 0.1) is 17.1 Å². The Morgan fingerprint density at radius 2 is 1.90 bits per heavy atom. The monoisotopic (exact) mass is 417 g/mol. The van der Waals surface area contributed by atoms with Crippen LogP contribution in [0.2, 0.25) is 5.02 Å². The third-order valence-electron chi connectivity index (χ3n) is 4.76. The zero-order valence-corrected chi connectivity index (χ0v) is 16.9. The Morgan fingerprint density at radius 3 is 2.60 bits per heavy atom. The van der Waals surface area contributed by atoms with Crippen LogP contribution in [0.3, 0.4) is 0 Å². The van der Waals surface area contributed by atoms with Crippen molar-refractivity contribution in [2.24, 2.45) is 5.73 Å². The SMILES string of the molecule is NC(=O)c1cnc(NCc2ccccc2-c2ccc(Cn3cccn3)cc2)c(Cl)c1. The summed E-state index contributed by atoms with van der Waals surface area (Å²) in [4.78, 5) is 15.5. The Hall–Kier alpha value is -3.64. The normalized spacial score (nSPS) is 10.7. The number of aromatic nitrogens is 3. The van der Waals surface area contributed by atoms with Crippen molar-refractivity contribution in [1.29, 1.82) is 0 Å². The van der Waals surface area contributed by atoms with Crippen LogP contribution in [0.25, 0.3) is 11.1 Å². The summed E-state index contributed by atoms with van der Waals surface area (Å²) >= 11 is 6.23. The fourth-order valence-electron chi connectivity index (χ4n) is 3.21. The molecule has 0 saturated heterocycles. The number of rotatable bonds is 7. The highest BCUT2D eigenvalue weighted by molar-refractivity contribution is 6.33. The van der Waals surface area contributed by atoms with Gasteiger partial charge in [-0.1, -0.05) is 60.1 Å². The van der Waals surface area contributed by atoms with Gasteiger partial charge in [-0.25, -0.2) is 4.98 Å². The second-order valence-corrected chi connectivity index (χ2v) is 7.24. The third kappa shape index (κ3) is 4.50. The van der Waals surface area contributed by atoms with E-state index >= 15 is 0 Å². The molecular formula is C23H20ClN5O. The van der Waals surface area contributed by atoms with Gasteiger partial charge < -0.3 is 11.1 Å². The van der Waals surface area contributed by atoms with E-state index in [4.69, 9.17) is 17.3 Å². The second kappa shape index (κ2) is 8.80. The molecule has 0 aliphatic heterocycles. The van der Waals surface area contributed by atoms with Crippen molar-refractivity contribution in [3.8, 4) is 11.1 Å². The second-order valence-electron chi connectivity index (χ2n) is 6.83. The molecule has 0 aliphatic rings. The maximum atomic E-state index is 11.3. The summed E-state index contributed by atoms with van der Waals surface area (Å²) in [5.74, 6) is -0.0525. The number of hydrogen-bond acceptors (Lipinski definition) is 4. The van der Waals surface area contributed by atoms with Gasteiger partial charge in [0.1, 0.15) is 5.82 Å². The lowest BCUT2D eigenvalue weighted by Crippen LogP contribution is -2.12. The van der Waals surface area contributed by atoms with Crippen LogP contribution in [0, 0.1) is 0 Å². The number of anilines is 1. The van der Waals surface area contributed by atoms with Crippen LogP contribution in [0.4, 0.5) is 5.82 Å². The molecule has 2 heterocycles. The molecule has 0 atom stereocenters. The molecule has 0 radical (unpaired) electrons. The zero-order chi connectivity index (χ0) is 20.9. The minimum atomic E-state index is -0.558. The number of nitrogens with zero attached hydrogens (tertiary/aromatic N) is 3. The van der Waals surface area contributed by atoms with Crippen molar-refractivity contribution in [1.82, 2.24) is 14.8 Å². The molecule has 150 valence electrons. The largest absolute Gasteiger partial charge is 0.366 e. The van der Waals surface area contributed by atoms with E-state index in [9.17, 15) is 4.79 Å². The van der Waals surface area contributed by atoms with Crippen molar-refractivity contribution in [3.05, 3.63) is 101 Å². The fraction of sp³-hybridized carbons (Fsp3) is 0.0870. The summed E-state index contributed by atoms with van der Waals surface area (Å²) in [6, 6.07) is 20.1. The summed E-state index contributed by atoms with van der Waals surface area (Å²) in [5.41, 5.74) is 10.1. The molecule has 0 bridgehead atoms. The maximum absolute atomic E-state index is 11.3. The standard InChI is InChI=1S/C23H20ClN5O/c24-21-12-19(22(25)30)14-27-23(21)26-13-18-4-1-2-5-20(18)17-8-6-16(7-9-17)15-29-11-3-10-28-29/h1-12,14H,13,15H2,(H2,25,30)(H,26,27). The number of carbonyl (C=O) groups is 1. The van der Waals surface area contributed by atoms with Crippen LogP contribution in [-0.4, -0.2) is 20.7 Å². The number of hydrogen-bond donors (Lipinski definition) is 2. The molecule has 1 amide bonds. The summed E-state index contributed by atoms with van der Waals surface area (Å²) in [6.45, 7) is 1.27. The van der Waals surface area contributed by atoms with Crippen molar-refractivity contribution in [3.63, 3.8) is 0 Å². The molecule has 6 nitrogen and oxygen atoms in total. The minimum Gasteiger partial charge on any atom is -0.366 e. The quantitative estimate of drug-likeness (QED) is 0.468. The van der Waals surface area contributed by atoms with Crippen LogP contribution in [0.5, 0.6) is 0 Å². The maximum Gasteiger partial charge on any atom is 0.250 e. The Morgan fingerprint density at radius 1 is 1.10 bits per heavy atom. The topological polar surface area (TPSA) is 85.8 Å². The molecule has 7 heteroatoms. The van der Waals surface area contributed by atoms with Gasteiger partial charge in [0.15, 0.2) is 0 Å². The van der Waals surface area contributed by atoms with E-state index in [1.165, 1.54) is 17.8 Å². The number of amides is 1. The van der Waals surface area contributed by atoms with Gasteiger partial charge in [-0.15, -0.1) is 0 Å². The fourth-order valence-corrected chi connectivity index (χ4v) is 3.44. The lowest BCUT2D eigenvalue weighted by molar-refractivity contribution is 0.1000. The van der Waals surface area contributed by atoms with E-state index < -0.39 is 5.91 Å². The number of carbonyl (C=O) groups excluding carboxylic acids is 1. The first kappa shape index (κ1) is 19.7. The predicted molar refractivity (Wildman–Crippen MR) is 118 cm³/mol. The first-order valence-electron chi connectivity index (χ1n) is 9.44. The van der Waals surface area contributed by atoms with E-state index in [2.05, 4.69) is 51.8 Å². The molecule has 0 saturated carbocycles. The molecule has 4 rings (SSSR count). The van der Waals surface area contributed by atoms with Crippen LogP contribution in [-0.2, 0) is 13.1 Å². The first-order valence-corrected chi connectivity index (χ1v) is 9.82. The Bertz CT molecular complexity index is 1160. The number of halogens is 1. The van der Waals surface area contributed by atoms with Crippen molar-refractivity contribution in [2.45, 2.75) is 13.1 Å². The molecule has 0 spiro atoms. The molecule has 2 aromatic carbocycles. The molecule has 2 aromatic heterocycles. The van der Waals surface area contributed by atoms with E-state index in [0.29, 0.717) is 17.4 Å². The van der Waals surface area contributed by atoms with Crippen molar-refractivity contribution in [2.75, 3.05) is 5.32 Å². The zero-order valence-electron chi connectivity index (χ0n) is 16.1. The van der Waals surface area contributed by atoms with E-state index in [1.807, 2.05) is 29.1 Å². The number of nitrogens with two attached hydrogens (primary N) is 1. The van der Waals surface area contributed by atoms with Crippen LogP contribution in [0.1, 0.15) is 21.5 Å². The van der Waals surface area contributed by atoms with Gasteiger partial charge in [-0.05, 0) is 34.4 Å². The van der Waals surface area contributed by atoms with E-state index in [0.717, 1.165) is 23.2 Å². The van der Waals surface area contributed by atoms with Gasteiger partial charge in [-0.3, -0.25) is 9.48 Å². The average molecular weight is 418 g/mol. The van der Waals surface area contributed by atoms with Crippen molar-refractivity contribution >= 4 is 23.3 Å². The summed E-state index contributed by atoms with van der Waals surface area (Å²) < 4.78 is 1.90. The number of nitrogens with one attached hydrogen (secondary N) is 1. The molecule has 3 N–H and O–H groups in total. The van der Waals surface area contributed by atoms with E-state index in [1.54, 1.807) is 6.20 Å². The van der Waals surface area contributed by atoms with Crippen molar-refractivity contribution < 1.29 is 4.79 Å². The molecule has 0 aliphatic carbocycles. The highest BCUT2D eigenvalue weighted by Crippen LogP contribution is 2.26. The minimum absolute atomic E-state index is 0.279. The van der Waals surface area contributed by atoms with Gasteiger partial charge >= 0.3 is 0 Å². The third-order valence-corrected chi connectivity index (χ3v) is 5.05. The van der Waals surface area contributed by atoms with Crippen LogP contribution < -0.4 is 11.1 Å². The Labute approximate surface area is 179 Å². The summed E-state index contributed by atoms with van der Waals surface area (Å²) in [7, 11) is 0. The molecule has 0 unspecified atom stereocenters. The molecule has 30 heavy (non-hydrogen) atoms. The van der Waals surface area contributed by atoms with Gasteiger partial charge in [0, 0.05) is 25.1 Å². The van der Waals surface area contributed by atoms with Gasteiger partial charge in [0.2, 0.25) is 5.91 Å². The molecule has 4 aromatic rings. The number of primary amides is 1. The summed E-state index contributed by atoms with van der Waals surface area (Å²) in [5, 5.41) is 7.84. The Balaban J connectivity index is 1.51. The van der Waals surface area contributed by atoms with Gasteiger partial charge in [-0.2, -0.15) is 5.10 Å². The number of pyridine rings is 1. The number of benzene rings is 2. The van der Waals surface area contributed by atoms with E-state index in [-0.39, 0.29) is 5.56 Å². The lowest BCUT2D eigenvalue weighted by atomic mass is 9.98. The Kier molecular flexibility index (Phi) is 5.77. The summed E-state index contributed by atoms with van der Waals surface area (Å²) in [6.07, 6.45) is 5.14. The molecular weight excluding hydrogens is 398 g/mol.